The summed E-state index contributed by atoms with van der Waals surface area (Å²) in [6, 6.07) is 0. The first-order chi connectivity index (χ1) is 9.54. The molecule has 1 amide bonds. The van der Waals surface area contributed by atoms with E-state index in [1.54, 1.807) is 14.0 Å². The number of aromatic nitrogens is 1. The smallest absolute Gasteiger partial charge is 0.263 e. The first kappa shape index (κ1) is 14.3. The van der Waals surface area contributed by atoms with Gasteiger partial charge in [-0.05, 0) is 32.6 Å². The second-order valence-electron chi connectivity index (χ2n) is 4.96. The number of amides is 1. The summed E-state index contributed by atoms with van der Waals surface area (Å²) in [5, 5.41) is 9.48. The van der Waals surface area contributed by atoms with Gasteiger partial charge in [0.2, 0.25) is 0 Å². The molecule has 0 unspecified atom stereocenters. The minimum atomic E-state index is -0.439. The van der Waals surface area contributed by atoms with Crippen LogP contribution in [0.15, 0.2) is 0 Å². The van der Waals surface area contributed by atoms with E-state index in [1.165, 1.54) is 0 Å². The third kappa shape index (κ3) is 2.74. The number of fused-ring (bicyclic) bond motifs is 1. The standard InChI is InChI=1S/C14H20N4O2/c1-8-11(13(19)18-14(15)16)12(20-2)9-6-4-3-5-7-10(9)17-8/h3-7H2,1-2H3,(H4,15,16,18,19). The van der Waals surface area contributed by atoms with E-state index < -0.39 is 5.91 Å². The van der Waals surface area contributed by atoms with E-state index >= 15 is 0 Å². The van der Waals surface area contributed by atoms with Gasteiger partial charge in [0.25, 0.3) is 5.91 Å². The van der Waals surface area contributed by atoms with Crippen LogP contribution in [0.4, 0.5) is 0 Å². The van der Waals surface area contributed by atoms with Crippen LogP contribution in [0.25, 0.3) is 0 Å². The first-order valence-electron chi connectivity index (χ1n) is 6.76. The van der Waals surface area contributed by atoms with Crippen LogP contribution in [0, 0.1) is 12.3 Å². The Morgan fingerprint density at radius 2 is 2.05 bits per heavy atom. The van der Waals surface area contributed by atoms with Crippen LogP contribution in [0.5, 0.6) is 5.75 Å². The number of hydrogen-bond acceptors (Lipinski definition) is 4. The maximum atomic E-state index is 12.2. The summed E-state index contributed by atoms with van der Waals surface area (Å²) in [7, 11) is 1.56. The number of nitrogens with zero attached hydrogens (tertiary/aromatic N) is 1. The van der Waals surface area contributed by atoms with Gasteiger partial charge < -0.3 is 10.5 Å². The fraction of sp³-hybridized carbons (Fsp3) is 0.500. The Balaban J connectivity index is 2.54. The number of ether oxygens (including phenoxy) is 1. The molecule has 2 rings (SSSR count). The molecule has 0 aliphatic heterocycles. The van der Waals surface area contributed by atoms with E-state index in [4.69, 9.17) is 15.9 Å². The summed E-state index contributed by atoms with van der Waals surface area (Å²) < 4.78 is 5.47. The van der Waals surface area contributed by atoms with Crippen LogP contribution >= 0.6 is 0 Å². The van der Waals surface area contributed by atoms with Crippen molar-refractivity contribution in [3.63, 3.8) is 0 Å². The number of hydrogen-bond donors (Lipinski definition) is 3. The van der Waals surface area contributed by atoms with Crippen LogP contribution in [0.2, 0.25) is 0 Å². The second-order valence-corrected chi connectivity index (χ2v) is 4.96. The average molecular weight is 276 g/mol. The molecule has 1 aromatic heterocycles. The molecule has 0 fully saturated rings. The van der Waals surface area contributed by atoms with Crippen molar-refractivity contribution in [2.24, 2.45) is 5.73 Å². The lowest BCUT2D eigenvalue weighted by atomic mass is 10.0. The lowest BCUT2D eigenvalue weighted by Gasteiger charge is -2.17. The Morgan fingerprint density at radius 3 is 2.70 bits per heavy atom. The molecule has 1 aromatic rings. The van der Waals surface area contributed by atoms with Crippen molar-refractivity contribution in [1.29, 1.82) is 5.41 Å². The van der Waals surface area contributed by atoms with Gasteiger partial charge in [-0.1, -0.05) is 6.42 Å². The summed E-state index contributed by atoms with van der Waals surface area (Å²) in [6.45, 7) is 1.78. The van der Waals surface area contributed by atoms with Gasteiger partial charge in [-0.25, -0.2) is 0 Å². The monoisotopic (exact) mass is 276 g/mol. The summed E-state index contributed by atoms with van der Waals surface area (Å²) in [5.74, 6) is -0.244. The highest BCUT2D eigenvalue weighted by Crippen LogP contribution is 2.32. The number of aryl methyl sites for hydroxylation is 2. The van der Waals surface area contributed by atoms with Gasteiger partial charge in [0.05, 0.1) is 12.8 Å². The molecule has 0 saturated carbocycles. The fourth-order valence-electron chi connectivity index (χ4n) is 2.69. The SMILES string of the molecule is COc1c2c(nc(C)c1C(=O)NC(=N)N)CCCCC2. The number of rotatable bonds is 2. The lowest BCUT2D eigenvalue weighted by Crippen LogP contribution is -2.36. The molecule has 0 spiro atoms. The normalized spacial score (nSPS) is 14.1. The van der Waals surface area contributed by atoms with Crippen molar-refractivity contribution >= 4 is 11.9 Å². The van der Waals surface area contributed by atoms with Gasteiger partial charge in [0.1, 0.15) is 11.3 Å². The topological polar surface area (TPSA) is 101 Å². The molecule has 4 N–H and O–H groups in total. The lowest BCUT2D eigenvalue weighted by molar-refractivity contribution is 0.0972. The van der Waals surface area contributed by atoms with E-state index in [2.05, 4.69) is 10.3 Å². The van der Waals surface area contributed by atoms with Crippen LogP contribution < -0.4 is 15.8 Å². The van der Waals surface area contributed by atoms with Crippen molar-refractivity contribution < 1.29 is 9.53 Å². The molecule has 0 bridgehead atoms. The summed E-state index contributed by atoms with van der Waals surface area (Å²) in [5.41, 5.74) is 8.26. The summed E-state index contributed by atoms with van der Waals surface area (Å²) in [4.78, 5) is 16.7. The van der Waals surface area contributed by atoms with Crippen molar-refractivity contribution in [2.45, 2.75) is 39.0 Å². The second kappa shape index (κ2) is 5.90. The van der Waals surface area contributed by atoms with Crippen molar-refractivity contribution in [3.8, 4) is 5.75 Å². The fourth-order valence-corrected chi connectivity index (χ4v) is 2.69. The molecule has 0 saturated heterocycles. The maximum absolute atomic E-state index is 12.2. The van der Waals surface area contributed by atoms with Crippen LogP contribution in [-0.2, 0) is 12.8 Å². The van der Waals surface area contributed by atoms with Gasteiger partial charge in [-0.3, -0.25) is 20.5 Å². The Morgan fingerprint density at radius 1 is 1.35 bits per heavy atom. The van der Waals surface area contributed by atoms with E-state index in [9.17, 15) is 4.79 Å². The van der Waals surface area contributed by atoms with Crippen LogP contribution in [0.3, 0.4) is 0 Å². The van der Waals surface area contributed by atoms with Gasteiger partial charge in [0, 0.05) is 11.3 Å². The first-order valence-corrected chi connectivity index (χ1v) is 6.76. The molecule has 20 heavy (non-hydrogen) atoms. The van der Waals surface area contributed by atoms with E-state index in [0.717, 1.165) is 43.4 Å². The molecule has 6 nitrogen and oxygen atoms in total. The van der Waals surface area contributed by atoms with E-state index in [0.29, 0.717) is 17.0 Å². The van der Waals surface area contributed by atoms with Gasteiger partial charge in [-0.2, -0.15) is 0 Å². The van der Waals surface area contributed by atoms with Gasteiger partial charge in [0.15, 0.2) is 5.96 Å². The molecule has 0 radical (unpaired) electrons. The third-order valence-electron chi connectivity index (χ3n) is 3.53. The zero-order valence-corrected chi connectivity index (χ0v) is 11.9. The highest BCUT2D eigenvalue weighted by molar-refractivity contribution is 6.06. The number of carbonyl (C=O) groups is 1. The molecule has 1 aliphatic rings. The maximum Gasteiger partial charge on any atom is 0.263 e. The van der Waals surface area contributed by atoms with Gasteiger partial charge >= 0.3 is 0 Å². The number of pyridine rings is 1. The molecule has 1 heterocycles. The number of carbonyl (C=O) groups excluding carboxylic acids is 1. The predicted octanol–water partition coefficient (Wildman–Crippen LogP) is 1.29. The predicted molar refractivity (Wildman–Crippen MR) is 76.2 cm³/mol. The van der Waals surface area contributed by atoms with Crippen LogP contribution in [0.1, 0.15) is 46.6 Å². The van der Waals surface area contributed by atoms with Crippen molar-refractivity contribution in [2.75, 3.05) is 7.11 Å². The average Bonchev–Trinajstić information content (AvgIpc) is 2.60. The Kier molecular flexibility index (Phi) is 4.22. The molecule has 6 heteroatoms. The van der Waals surface area contributed by atoms with E-state index in [1.807, 2.05) is 0 Å². The van der Waals surface area contributed by atoms with Crippen LogP contribution in [-0.4, -0.2) is 24.0 Å². The number of guanidine groups is 1. The molecular weight excluding hydrogens is 256 g/mol. The molecule has 0 aromatic carbocycles. The van der Waals surface area contributed by atoms with Gasteiger partial charge in [-0.15, -0.1) is 0 Å². The minimum absolute atomic E-state index is 0.378. The molecule has 108 valence electrons. The van der Waals surface area contributed by atoms with Crippen molar-refractivity contribution in [1.82, 2.24) is 10.3 Å². The zero-order valence-electron chi connectivity index (χ0n) is 11.9. The largest absolute Gasteiger partial charge is 0.495 e. The molecular formula is C14H20N4O2. The Bertz CT molecular complexity index is 555. The van der Waals surface area contributed by atoms with E-state index in [-0.39, 0.29) is 5.96 Å². The number of nitrogens with one attached hydrogen (secondary N) is 2. The number of methoxy groups -OCH3 is 1. The quantitative estimate of drug-likeness (QED) is 0.430. The highest BCUT2D eigenvalue weighted by Gasteiger charge is 2.24. The summed E-state index contributed by atoms with van der Waals surface area (Å²) in [6.07, 6.45) is 5.13. The number of nitrogens with two attached hydrogens (primary N) is 1. The molecule has 1 aliphatic carbocycles. The van der Waals surface area contributed by atoms with Crippen molar-refractivity contribution in [3.05, 3.63) is 22.5 Å². The molecule has 0 atom stereocenters. The highest BCUT2D eigenvalue weighted by atomic mass is 16.5. The zero-order chi connectivity index (χ0) is 14.7. The third-order valence-corrected chi connectivity index (χ3v) is 3.53. The Hall–Kier alpha value is -2.11. The summed E-state index contributed by atoms with van der Waals surface area (Å²) >= 11 is 0. The minimum Gasteiger partial charge on any atom is -0.495 e. The Labute approximate surface area is 118 Å².